The van der Waals surface area contributed by atoms with Gasteiger partial charge in [-0.1, -0.05) is 127 Å². The minimum atomic E-state index is 0.955. The zero-order valence-corrected chi connectivity index (χ0v) is 32.6. The summed E-state index contributed by atoms with van der Waals surface area (Å²) in [5, 5.41) is 4.77. The van der Waals surface area contributed by atoms with Crippen molar-refractivity contribution in [1.29, 1.82) is 0 Å². The van der Waals surface area contributed by atoms with Gasteiger partial charge in [-0.15, -0.1) is 0 Å². The Balaban J connectivity index is 1.14. The summed E-state index contributed by atoms with van der Waals surface area (Å²) in [6.45, 7) is 0. The maximum atomic E-state index is 4.80. The molecule has 4 heteroatoms. The van der Waals surface area contributed by atoms with Crippen LogP contribution in [0.5, 0.6) is 0 Å². The monoisotopic (exact) mass is 764 g/mol. The number of rotatable bonds is 6. The van der Waals surface area contributed by atoms with Gasteiger partial charge in [-0.3, -0.25) is 9.97 Å². The Morgan fingerprint density at radius 2 is 0.900 bits per heavy atom. The van der Waals surface area contributed by atoms with Crippen LogP contribution in [0.1, 0.15) is 0 Å². The zero-order valence-electron chi connectivity index (χ0n) is 32.6. The largest absolute Gasteiger partial charge is 0.309 e. The smallest absolute Gasteiger partial charge is 0.0708 e. The summed E-state index contributed by atoms with van der Waals surface area (Å²) < 4.78 is 2.43. The molecule has 0 spiro atoms. The van der Waals surface area contributed by atoms with E-state index in [1.807, 2.05) is 24.5 Å². The number of fused-ring (bicyclic) bond motifs is 5. The molecule has 11 aromatic rings. The lowest BCUT2D eigenvalue weighted by Gasteiger charge is -2.34. The molecule has 60 heavy (non-hydrogen) atoms. The van der Waals surface area contributed by atoms with Gasteiger partial charge in [0.05, 0.1) is 33.8 Å². The third kappa shape index (κ3) is 5.46. The lowest BCUT2D eigenvalue weighted by Crippen LogP contribution is -2.15. The Morgan fingerprint density at radius 1 is 0.317 bits per heavy atom. The minimum absolute atomic E-state index is 0.955. The number of benzene rings is 8. The van der Waals surface area contributed by atoms with Crippen molar-refractivity contribution < 1.29 is 0 Å². The fraction of sp³-hybridized carbons (Fsp3) is 0. The molecule has 0 N–H and O–H groups in total. The molecule has 0 saturated carbocycles. The number of nitrogens with zero attached hydrogens (tertiary/aromatic N) is 4. The van der Waals surface area contributed by atoms with Gasteiger partial charge in [-0.2, -0.15) is 0 Å². The molecular formula is C56H36N4. The Bertz CT molecular complexity index is 3380. The molecule has 0 atom stereocenters. The van der Waals surface area contributed by atoms with Gasteiger partial charge in [0.15, 0.2) is 0 Å². The normalized spacial score (nSPS) is 12.0. The van der Waals surface area contributed by atoms with Crippen molar-refractivity contribution in [3.63, 3.8) is 0 Å². The van der Waals surface area contributed by atoms with Crippen LogP contribution in [0, 0.1) is 0 Å². The van der Waals surface area contributed by atoms with Crippen LogP contribution in [0.25, 0.3) is 94.2 Å². The summed E-state index contributed by atoms with van der Waals surface area (Å²) >= 11 is 0. The van der Waals surface area contributed by atoms with Crippen LogP contribution in [0.2, 0.25) is 0 Å². The van der Waals surface area contributed by atoms with E-state index in [4.69, 9.17) is 9.97 Å². The van der Waals surface area contributed by atoms with Gasteiger partial charge in [-0.25, -0.2) is 0 Å². The van der Waals surface area contributed by atoms with Crippen LogP contribution < -0.4 is 4.90 Å². The molecular weight excluding hydrogens is 729 g/mol. The first-order chi connectivity index (χ1) is 29.8. The van der Waals surface area contributed by atoms with Crippen LogP contribution in [-0.2, 0) is 0 Å². The molecule has 8 aromatic carbocycles. The molecule has 0 unspecified atom stereocenters. The number of aromatic nitrogens is 3. The van der Waals surface area contributed by atoms with E-state index < -0.39 is 0 Å². The molecule has 280 valence electrons. The van der Waals surface area contributed by atoms with Gasteiger partial charge in [0, 0.05) is 56.6 Å². The highest BCUT2D eigenvalue weighted by molar-refractivity contribution is 6.21. The van der Waals surface area contributed by atoms with Gasteiger partial charge in [0.1, 0.15) is 0 Å². The van der Waals surface area contributed by atoms with E-state index in [1.165, 1.54) is 54.9 Å². The van der Waals surface area contributed by atoms with E-state index in [0.717, 1.165) is 56.3 Å². The highest BCUT2D eigenvalue weighted by Gasteiger charge is 2.29. The Kier molecular flexibility index (Phi) is 7.82. The highest BCUT2D eigenvalue weighted by Crippen LogP contribution is 2.54. The molecule has 0 amide bonds. The third-order valence-electron chi connectivity index (χ3n) is 12.0. The standard InChI is InChI=1S/C56H36N4/c1-3-12-37(13-4-1)39-20-25-42(26-21-39)59-52-31-24-41(50-17-7-9-32-57-50)34-47(52)49-35-48-46-30-29-44(51-18-8-10-33-58-51)45-16-11-19-53(56(45)46)60(54(48)36-55(49)59)43-27-22-40(23-28-43)38-14-5-2-6-15-38/h1-36H. The van der Waals surface area contributed by atoms with Gasteiger partial charge < -0.3 is 9.47 Å². The molecule has 12 rings (SSSR count). The fourth-order valence-corrected chi connectivity index (χ4v) is 9.24. The predicted molar refractivity (Wildman–Crippen MR) is 249 cm³/mol. The van der Waals surface area contributed by atoms with Crippen LogP contribution >= 0.6 is 0 Å². The molecule has 4 heterocycles. The maximum absolute atomic E-state index is 4.80. The van der Waals surface area contributed by atoms with Crippen molar-refractivity contribution in [2.45, 2.75) is 0 Å². The second-order valence-electron chi connectivity index (χ2n) is 15.4. The molecule has 4 nitrogen and oxygen atoms in total. The second kappa shape index (κ2) is 13.8. The molecule has 0 saturated heterocycles. The fourth-order valence-electron chi connectivity index (χ4n) is 9.24. The van der Waals surface area contributed by atoms with E-state index in [1.54, 1.807) is 0 Å². The van der Waals surface area contributed by atoms with E-state index in [2.05, 4.69) is 204 Å². The summed E-state index contributed by atoms with van der Waals surface area (Å²) in [6, 6.07) is 74.3. The Hall–Kier alpha value is -8.08. The quantitative estimate of drug-likeness (QED) is 0.169. The van der Waals surface area contributed by atoms with Gasteiger partial charge in [0.2, 0.25) is 0 Å². The predicted octanol–water partition coefficient (Wildman–Crippen LogP) is 14.8. The molecule has 0 aliphatic carbocycles. The van der Waals surface area contributed by atoms with Crippen molar-refractivity contribution in [1.82, 2.24) is 14.5 Å². The molecule has 3 aromatic heterocycles. The summed E-state index contributed by atoms with van der Waals surface area (Å²) in [5.41, 5.74) is 18.1. The van der Waals surface area contributed by atoms with E-state index in [0.29, 0.717) is 0 Å². The van der Waals surface area contributed by atoms with Crippen LogP contribution in [0.3, 0.4) is 0 Å². The molecule has 0 bridgehead atoms. The van der Waals surface area contributed by atoms with Crippen molar-refractivity contribution in [2.24, 2.45) is 0 Å². The molecule has 0 radical (unpaired) electrons. The average Bonchev–Trinajstić information content (AvgIpc) is 3.65. The number of hydrogen-bond donors (Lipinski definition) is 0. The minimum Gasteiger partial charge on any atom is -0.309 e. The average molecular weight is 765 g/mol. The first-order valence-corrected chi connectivity index (χ1v) is 20.4. The summed E-state index contributed by atoms with van der Waals surface area (Å²) in [5.74, 6) is 0. The maximum Gasteiger partial charge on any atom is 0.0708 e. The van der Waals surface area contributed by atoms with E-state index >= 15 is 0 Å². The van der Waals surface area contributed by atoms with Crippen molar-refractivity contribution in [2.75, 3.05) is 4.90 Å². The lowest BCUT2D eigenvalue weighted by molar-refractivity contribution is 1.18. The second-order valence-corrected chi connectivity index (χ2v) is 15.4. The SMILES string of the molecule is c1ccc(-c2ccc(N3c4cc5c(cc4-c4ccc(-c6ccccn6)c6cccc3c46)c3cc(-c4ccccn4)ccc3n5-c3ccc(-c4ccccc4)cc3)cc2)cc1. The molecule has 1 aliphatic rings. The van der Waals surface area contributed by atoms with Gasteiger partial charge in [-0.05, 0) is 112 Å². The first kappa shape index (κ1) is 34.0. The molecule has 0 fully saturated rings. The Morgan fingerprint density at radius 3 is 1.57 bits per heavy atom. The van der Waals surface area contributed by atoms with E-state index in [-0.39, 0.29) is 0 Å². The lowest BCUT2D eigenvalue weighted by atomic mass is 9.87. The van der Waals surface area contributed by atoms with Gasteiger partial charge in [0.25, 0.3) is 0 Å². The summed E-state index contributed by atoms with van der Waals surface area (Å²) in [6.07, 6.45) is 3.74. The zero-order chi connectivity index (χ0) is 39.6. The summed E-state index contributed by atoms with van der Waals surface area (Å²) in [7, 11) is 0. The topological polar surface area (TPSA) is 34.0 Å². The summed E-state index contributed by atoms with van der Waals surface area (Å²) in [4.78, 5) is 12.0. The Labute approximate surface area is 347 Å². The van der Waals surface area contributed by atoms with Crippen LogP contribution in [0.4, 0.5) is 17.1 Å². The number of anilines is 3. The van der Waals surface area contributed by atoms with E-state index in [9.17, 15) is 0 Å². The third-order valence-corrected chi connectivity index (χ3v) is 12.0. The number of hydrogen-bond acceptors (Lipinski definition) is 3. The first-order valence-electron chi connectivity index (χ1n) is 20.4. The van der Waals surface area contributed by atoms with Crippen molar-refractivity contribution in [3.05, 3.63) is 219 Å². The van der Waals surface area contributed by atoms with Crippen molar-refractivity contribution in [3.8, 4) is 61.6 Å². The molecule has 1 aliphatic heterocycles. The van der Waals surface area contributed by atoms with Gasteiger partial charge >= 0.3 is 0 Å². The number of pyridine rings is 2. The highest BCUT2D eigenvalue weighted by atomic mass is 15.2. The van der Waals surface area contributed by atoms with Crippen molar-refractivity contribution >= 4 is 49.6 Å². The van der Waals surface area contributed by atoms with Crippen LogP contribution in [-0.4, -0.2) is 14.5 Å². The van der Waals surface area contributed by atoms with Crippen LogP contribution in [0.15, 0.2) is 219 Å².